The monoisotopic (exact) mass is 312 g/mol. The standard InChI is InChI=1S/C14H17ClN2O4/c1-8-3-2-4-9(5-8)16-13-11(14(18)19)6-10(17(20)21)7-12(13)15/h6-9,16H,2-5H2,1H3,(H,18,19). The number of nitrogens with one attached hydrogen (secondary N) is 1. The predicted molar refractivity (Wildman–Crippen MR) is 80.1 cm³/mol. The Kier molecular flexibility index (Phi) is 4.67. The second-order valence-corrected chi connectivity index (χ2v) is 5.93. The van der Waals surface area contributed by atoms with E-state index in [4.69, 9.17) is 11.6 Å². The number of nitro benzene ring substituents is 1. The Morgan fingerprint density at radius 1 is 1.48 bits per heavy atom. The summed E-state index contributed by atoms with van der Waals surface area (Å²) < 4.78 is 0. The molecule has 21 heavy (non-hydrogen) atoms. The lowest BCUT2D eigenvalue weighted by molar-refractivity contribution is -0.384. The number of aromatic carboxylic acids is 1. The molecule has 6 nitrogen and oxygen atoms in total. The molecule has 1 saturated carbocycles. The average molecular weight is 313 g/mol. The molecule has 0 heterocycles. The number of halogens is 1. The van der Waals surface area contributed by atoms with Gasteiger partial charge in [0.2, 0.25) is 0 Å². The highest BCUT2D eigenvalue weighted by atomic mass is 35.5. The number of non-ortho nitro benzene ring substituents is 1. The van der Waals surface area contributed by atoms with Gasteiger partial charge in [0, 0.05) is 18.2 Å². The van der Waals surface area contributed by atoms with Crippen LogP contribution in [0.25, 0.3) is 0 Å². The Balaban J connectivity index is 2.33. The molecule has 1 aliphatic rings. The van der Waals surface area contributed by atoms with Crippen LogP contribution in [0, 0.1) is 16.0 Å². The predicted octanol–water partition coefficient (Wildman–Crippen LogP) is 3.94. The van der Waals surface area contributed by atoms with Crippen LogP contribution in [0.5, 0.6) is 0 Å². The quantitative estimate of drug-likeness (QED) is 0.649. The van der Waals surface area contributed by atoms with E-state index in [0.717, 1.165) is 31.7 Å². The molecule has 0 aromatic heterocycles. The number of carboxylic acid groups (broad SMARTS) is 1. The summed E-state index contributed by atoms with van der Waals surface area (Å²) >= 11 is 6.05. The summed E-state index contributed by atoms with van der Waals surface area (Å²) in [6, 6.07) is 2.37. The van der Waals surface area contributed by atoms with Crippen LogP contribution >= 0.6 is 11.6 Å². The van der Waals surface area contributed by atoms with Crippen molar-refractivity contribution in [3.63, 3.8) is 0 Å². The second kappa shape index (κ2) is 6.30. The van der Waals surface area contributed by atoms with Gasteiger partial charge in [-0.05, 0) is 18.8 Å². The van der Waals surface area contributed by atoms with E-state index in [2.05, 4.69) is 12.2 Å². The van der Waals surface area contributed by atoms with Crippen LogP contribution in [-0.4, -0.2) is 22.0 Å². The lowest BCUT2D eigenvalue weighted by atomic mass is 9.87. The summed E-state index contributed by atoms with van der Waals surface area (Å²) in [4.78, 5) is 21.5. The van der Waals surface area contributed by atoms with Gasteiger partial charge in [0.1, 0.15) is 0 Å². The summed E-state index contributed by atoms with van der Waals surface area (Å²) in [6.45, 7) is 2.16. The molecule has 1 aromatic rings. The number of benzene rings is 1. The first-order valence-electron chi connectivity index (χ1n) is 6.86. The van der Waals surface area contributed by atoms with Crippen LogP contribution in [-0.2, 0) is 0 Å². The van der Waals surface area contributed by atoms with Gasteiger partial charge in [-0.2, -0.15) is 0 Å². The number of anilines is 1. The SMILES string of the molecule is CC1CCCC(Nc2c(Cl)cc([N+](=O)[O-])cc2C(=O)O)C1. The van der Waals surface area contributed by atoms with Crippen molar-refractivity contribution in [3.05, 3.63) is 32.8 Å². The maximum atomic E-state index is 11.3. The molecule has 114 valence electrons. The molecular weight excluding hydrogens is 296 g/mol. The van der Waals surface area contributed by atoms with E-state index in [1.165, 1.54) is 6.07 Å². The zero-order chi connectivity index (χ0) is 15.6. The van der Waals surface area contributed by atoms with Gasteiger partial charge in [-0.25, -0.2) is 4.79 Å². The molecule has 0 amide bonds. The normalized spacial score (nSPS) is 21.8. The third kappa shape index (κ3) is 3.64. The van der Waals surface area contributed by atoms with Crippen molar-refractivity contribution >= 4 is 28.9 Å². The highest BCUT2D eigenvalue weighted by Crippen LogP contribution is 2.34. The van der Waals surface area contributed by atoms with Crippen molar-refractivity contribution in [2.24, 2.45) is 5.92 Å². The molecule has 2 N–H and O–H groups in total. The highest BCUT2D eigenvalue weighted by Gasteiger charge is 2.24. The Morgan fingerprint density at radius 2 is 2.19 bits per heavy atom. The zero-order valence-electron chi connectivity index (χ0n) is 11.6. The van der Waals surface area contributed by atoms with Gasteiger partial charge in [-0.3, -0.25) is 10.1 Å². The molecule has 1 aromatic carbocycles. The summed E-state index contributed by atoms with van der Waals surface area (Å²) in [5.41, 5.74) is -0.207. The van der Waals surface area contributed by atoms with Crippen LogP contribution in [0.3, 0.4) is 0 Å². The van der Waals surface area contributed by atoms with E-state index in [-0.39, 0.29) is 28.0 Å². The van der Waals surface area contributed by atoms with Crippen molar-refractivity contribution in [1.29, 1.82) is 0 Å². The van der Waals surface area contributed by atoms with E-state index in [9.17, 15) is 20.0 Å². The molecule has 0 spiro atoms. The molecule has 2 unspecified atom stereocenters. The van der Waals surface area contributed by atoms with Crippen molar-refractivity contribution < 1.29 is 14.8 Å². The number of carbonyl (C=O) groups is 1. The minimum absolute atomic E-state index is 0.0693. The van der Waals surface area contributed by atoms with Gasteiger partial charge in [0.25, 0.3) is 5.69 Å². The fraction of sp³-hybridized carbons (Fsp3) is 0.500. The molecule has 7 heteroatoms. The Bertz CT molecular complexity index is 576. The van der Waals surface area contributed by atoms with Gasteiger partial charge in [-0.1, -0.05) is 31.4 Å². The molecule has 2 atom stereocenters. The minimum Gasteiger partial charge on any atom is -0.478 e. The largest absolute Gasteiger partial charge is 0.478 e. The van der Waals surface area contributed by atoms with Crippen LogP contribution in [0.4, 0.5) is 11.4 Å². The van der Waals surface area contributed by atoms with E-state index in [1.54, 1.807) is 0 Å². The van der Waals surface area contributed by atoms with Gasteiger partial charge < -0.3 is 10.4 Å². The van der Waals surface area contributed by atoms with Crippen LogP contribution in [0.15, 0.2) is 12.1 Å². The number of carboxylic acids is 1. The zero-order valence-corrected chi connectivity index (χ0v) is 12.4. The fourth-order valence-electron chi connectivity index (χ4n) is 2.78. The van der Waals surface area contributed by atoms with Crippen LogP contribution in [0.2, 0.25) is 5.02 Å². The lowest BCUT2D eigenvalue weighted by Crippen LogP contribution is -2.27. The molecule has 0 aliphatic heterocycles. The summed E-state index contributed by atoms with van der Waals surface area (Å²) in [6.07, 6.45) is 4.12. The summed E-state index contributed by atoms with van der Waals surface area (Å²) in [5.74, 6) is -0.659. The molecule has 0 radical (unpaired) electrons. The van der Waals surface area contributed by atoms with Gasteiger partial charge in [0.15, 0.2) is 0 Å². The van der Waals surface area contributed by atoms with Gasteiger partial charge >= 0.3 is 5.97 Å². The van der Waals surface area contributed by atoms with E-state index >= 15 is 0 Å². The molecule has 1 aliphatic carbocycles. The van der Waals surface area contributed by atoms with Crippen molar-refractivity contribution in [2.45, 2.75) is 38.6 Å². The Labute approximate surface area is 127 Å². The van der Waals surface area contributed by atoms with Crippen molar-refractivity contribution in [3.8, 4) is 0 Å². The van der Waals surface area contributed by atoms with Crippen LogP contribution in [0.1, 0.15) is 43.0 Å². The number of rotatable bonds is 4. The molecular formula is C14H17ClN2O4. The van der Waals surface area contributed by atoms with Crippen LogP contribution < -0.4 is 5.32 Å². The fourth-order valence-corrected chi connectivity index (χ4v) is 3.05. The first-order valence-corrected chi connectivity index (χ1v) is 7.24. The van der Waals surface area contributed by atoms with Crippen molar-refractivity contribution in [1.82, 2.24) is 0 Å². The van der Waals surface area contributed by atoms with E-state index in [1.807, 2.05) is 0 Å². The van der Waals surface area contributed by atoms with E-state index in [0.29, 0.717) is 5.92 Å². The third-order valence-electron chi connectivity index (χ3n) is 3.80. The Hall–Kier alpha value is -1.82. The Morgan fingerprint density at radius 3 is 2.76 bits per heavy atom. The summed E-state index contributed by atoms with van der Waals surface area (Å²) in [5, 5.41) is 23.3. The lowest BCUT2D eigenvalue weighted by Gasteiger charge is -2.29. The van der Waals surface area contributed by atoms with Crippen molar-refractivity contribution in [2.75, 3.05) is 5.32 Å². The maximum absolute atomic E-state index is 11.3. The average Bonchev–Trinajstić information content (AvgIpc) is 2.40. The maximum Gasteiger partial charge on any atom is 0.338 e. The first-order chi connectivity index (χ1) is 9.88. The van der Waals surface area contributed by atoms with E-state index < -0.39 is 10.9 Å². The highest BCUT2D eigenvalue weighted by molar-refractivity contribution is 6.34. The molecule has 1 fully saturated rings. The number of nitrogens with zero attached hydrogens (tertiary/aromatic N) is 1. The van der Waals surface area contributed by atoms with Gasteiger partial charge in [0.05, 0.1) is 21.2 Å². The second-order valence-electron chi connectivity index (χ2n) is 5.53. The van der Waals surface area contributed by atoms with Gasteiger partial charge in [-0.15, -0.1) is 0 Å². The number of nitro groups is 1. The first kappa shape index (κ1) is 15.6. The summed E-state index contributed by atoms with van der Waals surface area (Å²) in [7, 11) is 0. The third-order valence-corrected chi connectivity index (χ3v) is 4.10. The number of hydrogen-bond donors (Lipinski definition) is 2. The topological polar surface area (TPSA) is 92.5 Å². The molecule has 2 rings (SSSR count). The molecule has 0 saturated heterocycles. The smallest absolute Gasteiger partial charge is 0.338 e. The number of hydrogen-bond acceptors (Lipinski definition) is 4. The minimum atomic E-state index is -1.23. The molecule has 0 bridgehead atoms.